The first-order valence-corrected chi connectivity index (χ1v) is 6.18. The summed E-state index contributed by atoms with van der Waals surface area (Å²) in [7, 11) is 1.69. The van der Waals surface area contributed by atoms with Crippen LogP contribution in [0.4, 0.5) is 0 Å². The standard InChI is InChI=1S/C14H19N3O.ClH/c1-18-14-5-2-4-13(10-14)11-15-6-3-8-17-9-7-16-12-17;/h2,4-5,7,9-10,12,15H,3,6,8,11H2,1H3;1H. The zero-order valence-corrected chi connectivity index (χ0v) is 11.9. The molecule has 5 heteroatoms. The second-order valence-corrected chi connectivity index (χ2v) is 4.18. The summed E-state index contributed by atoms with van der Waals surface area (Å²) in [5.41, 5.74) is 1.25. The van der Waals surface area contributed by atoms with Crippen LogP contribution in [0.15, 0.2) is 43.0 Å². The van der Waals surface area contributed by atoms with E-state index >= 15 is 0 Å². The van der Waals surface area contributed by atoms with Crippen LogP contribution in [-0.2, 0) is 13.1 Å². The van der Waals surface area contributed by atoms with Crippen LogP contribution in [0, 0.1) is 0 Å². The number of benzene rings is 1. The molecule has 0 aliphatic carbocycles. The zero-order valence-electron chi connectivity index (χ0n) is 11.1. The van der Waals surface area contributed by atoms with Crippen molar-refractivity contribution in [1.29, 1.82) is 0 Å². The Hall–Kier alpha value is -1.52. The summed E-state index contributed by atoms with van der Waals surface area (Å²) < 4.78 is 7.28. The fraction of sp³-hybridized carbons (Fsp3) is 0.357. The van der Waals surface area contributed by atoms with Gasteiger partial charge in [-0.1, -0.05) is 12.1 Å². The predicted octanol–water partition coefficient (Wildman–Crippen LogP) is 2.49. The maximum atomic E-state index is 5.19. The molecule has 4 nitrogen and oxygen atoms in total. The molecule has 0 saturated heterocycles. The number of nitrogens with zero attached hydrogens (tertiary/aromatic N) is 2. The Labute approximate surface area is 120 Å². The third-order valence-electron chi connectivity index (χ3n) is 2.79. The molecule has 1 aromatic carbocycles. The van der Waals surface area contributed by atoms with Crippen molar-refractivity contribution in [3.63, 3.8) is 0 Å². The largest absolute Gasteiger partial charge is 0.497 e. The van der Waals surface area contributed by atoms with Gasteiger partial charge < -0.3 is 14.6 Å². The van der Waals surface area contributed by atoms with Crippen molar-refractivity contribution >= 4 is 12.4 Å². The van der Waals surface area contributed by atoms with Gasteiger partial charge in [0, 0.05) is 25.5 Å². The summed E-state index contributed by atoms with van der Waals surface area (Å²) in [5.74, 6) is 0.910. The molecule has 0 spiro atoms. The Kier molecular flexibility index (Phi) is 7.00. The predicted molar refractivity (Wildman–Crippen MR) is 78.8 cm³/mol. The summed E-state index contributed by atoms with van der Waals surface area (Å²) in [6, 6.07) is 8.14. The number of methoxy groups -OCH3 is 1. The topological polar surface area (TPSA) is 39.1 Å². The van der Waals surface area contributed by atoms with Crippen LogP contribution in [0.1, 0.15) is 12.0 Å². The monoisotopic (exact) mass is 281 g/mol. The average molecular weight is 282 g/mol. The minimum absolute atomic E-state index is 0. The second-order valence-electron chi connectivity index (χ2n) is 4.18. The van der Waals surface area contributed by atoms with Crippen molar-refractivity contribution in [3.8, 4) is 5.75 Å². The van der Waals surface area contributed by atoms with Gasteiger partial charge >= 0.3 is 0 Å². The first kappa shape index (κ1) is 15.5. The van der Waals surface area contributed by atoms with Crippen LogP contribution in [0.5, 0.6) is 5.75 Å². The molecule has 0 amide bonds. The smallest absolute Gasteiger partial charge is 0.119 e. The highest BCUT2D eigenvalue weighted by atomic mass is 35.5. The zero-order chi connectivity index (χ0) is 12.6. The van der Waals surface area contributed by atoms with Gasteiger partial charge in [-0.25, -0.2) is 4.98 Å². The molecule has 0 radical (unpaired) electrons. The van der Waals surface area contributed by atoms with Crippen molar-refractivity contribution in [3.05, 3.63) is 48.5 Å². The fourth-order valence-electron chi connectivity index (χ4n) is 1.82. The van der Waals surface area contributed by atoms with E-state index in [9.17, 15) is 0 Å². The van der Waals surface area contributed by atoms with Gasteiger partial charge in [0.15, 0.2) is 0 Å². The van der Waals surface area contributed by atoms with E-state index in [0.29, 0.717) is 0 Å². The fourth-order valence-corrected chi connectivity index (χ4v) is 1.82. The van der Waals surface area contributed by atoms with Crippen molar-refractivity contribution in [2.24, 2.45) is 0 Å². The first-order valence-electron chi connectivity index (χ1n) is 6.18. The minimum atomic E-state index is 0. The Bertz CT molecular complexity index is 459. The van der Waals surface area contributed by atoms with Crippen LogP contribution in [-0.4, -0.2) is 23.2 Å². The van der Waals surface area contributed by atoms with E-state index in [1.807, 2.05) is 30.9 Å². The summed E-state index contributed by atoms with van der Waals surface area (Å²) in [5, 5.41) is 3.43. The molecular formula is C14H20ClN3O. The van der Waals surface area contributed by atoms with Gasteiger partial charge in [0.05, 0.1) is 13.4 Å². The number of hydrogen-bond acceptors (Lipinski definition) is 3. The lowest BCUT2D eigenvalue weighted by Crippen LogP contribution is -2.16. The molecule has 0 aliphatic rings. The maximum Gasteiger partial charge on any atom is 0.119 e. The van der Waals surface area contributed by atoms with E-state index in [0.717, 1.165) is 31.8 Å². The molecule has 1 heterocycles. The Morgan fingerprint density at radius 3 is 3.00 bits per heavy atom. The summed E-state index contributed by atoms with van der Waals surface area (Å²) in [4.78, 5) is 4.02. The number of ether oxygens (including phenoxy) is 1. The Morgan fingerprint density at radius 2 is 2.26 bits per heavy atom. The quantitative estimate of drug-likeness (QED) is 0.793. The number of rotatable bonds is 7. The van der Waals surface area contributed by atoms with Gasteiger partial charge in [0.25, 0.3) is 0 Å². The van der Waals surface area contributed by atoms with E-state index < -0.39 is 0 Å². The molecule has 0 bridgehead atoms. The molecule has 1 aromatic heterocycles. The van der Waals surface area contributed by atoms with Crippen molar-refractivity contribution < 1.29 is 4.74 Å². The normalized spacial score (nSPS) is 9.95. The number of nitrogens with one attached hydrogen (secondary N) is 1. The summed E-state index contributed by atoms with van der Waals surface area (Å²) in [6.45, 7) is 2.88. The highest BCUT2D eigenvalue weighted by Gasteiger charge is 1.95. The molecule has 0 unspecified atom stereocenters. The van der Waals surface area contributed by atoms with Gasteiger partial charge in [-0.15, -0.1) is 12.4 Å². The molecule has 19 heavy (non-hydrogen) atoms. The number of imidazole rings is 1. The molecule has 1 N–H and O–H groups in total. The van der Waals surface area contributed by atoms with E-state index in [2.05, 4.69) is 27.0 Å². The number of hydrogen-bond donors (Lipinski definition) is 1. The Balaban J connectivity index is 0.00000180. The second kappa shape index (κ2) is 8.56. The highest BCUT2D eigenvalue weighted by Crippen LogP contribution is 2.11. The maximum absolute atomic E-state index is 5.19. The minimum Gasteiger partial charge on any atom is -0.497 e. The Morgan fingerprint density at radius 1 is 1.37 bits per heavy atom. The van der Waals surface area contributed by atoms with Gasteiger partial charge in [-0.05, 0) is 30.7 Å². The van der Waals surface area contributed by atoms with Gasteiger partial charge in [0.2, 0.25) is 0 Å². The first-order chi connectivity index (χ1) is 8.88. The molecule has 104 valence electrons. The van der Waals surface area contributed by atoms with E-state index in [1.165, 1.54) is 5.56 Å². The van der Waals surface area contributed by atoms with Crippen molar-refractivity contribution in [2.45, 2.75) is 19.5 Å². The molecular weight excluding hydrogens is 262 g/mol. The van der Waals surface area contributed by atoms with Crippen LogP contribution < -0.4 is 10.1 Å². The van der Waals surface area contributed by atoms with Gasteiger partial charge in [-0.2, -0.15) is 0 Å². The average Bonchev–Trinajstić information content (AvgIpc) is 2.92. The van der Waals surface area contributed by atoms with Gasteiger partial charge in [-0.3, -0.25) is 0 Å². The lowest BCUT2D eigenvalue weighted by Gasteiger charge is -2.07. The van der Waals surface area contributed by atoms with Crippen LogP contribution >= 0.6 is 12.4 Å². The third-order valence-corrected chi connectivity index (χ3v) is 2.79. The van der Waals surface area contributed by atoms with Crippen LogP contribution in [0.3, 0.4) is 0 Å². The number of halogens is 1. The number of aromatic nitrogens is 2. The molecule has 0 aliphatic heterocycles. The lowest BCUT2D eigenvalue weighted by molar-refractivity contribution is 0.414. The molecule has 0 atom stereocenters. The molecule has 2 rings (SSSR count). The van der Waals surface area contributed by atoms with Crippen LogP contribution in [0.2, 0.25) is 0 Å². The molecule has 0 fully saturated rings. The van der Waals surface area contributed by atoms with Crippen LogP contribution in [0.25, 0.3) is 0 Å². The molecule has 0 saturated carbocycles. The number of aryl methyl sites for hydroxylation is 1. The summed E-state index contributed by atoms with van der Waals surface area (Å²) >= 11 is 0. The summed E-state index contributed by atoms with van der Waals surface area (Å²) in [6.07, 6.45) is 6.74. The molecule has 2 aromatic rings. The lowest BCUT2D eigenvalue weighted by atomic mass is 10.2. The van der Waals surface area contributed by atoms with Crippen molar-refractivity contribution in [2.75, 3.05) is 13.7 Å². The van der Waals surface area contributed by atoms with Gasteiger partial charge in [0.1, 0.15) is 5.75 Å². The van der Waals surface area contributed by atoms with Crippen molar-refractivity contribution in [1.82, 2.24) is 14.9 Å². The SMILES string of the molecule is COc1cccc(CNCCCn2ccnc2)c1.Cl. The van der Waals surface area contributed by atoms with E-state index in [-0.39, 0.29) is 12.4 Å². The van der Waals surface area contributed by atoms with E-state index in [4.69, 9.17) is 4.74 Å². The third kappa shape index (κ3) is 5.32. The highest BCUT2D eigenvalue weighted by molar-refractivity contribution is 5.85. The van der Waals surface area contributed by atoms with E-state index in [1.54, 1.807) is 7.11 Å².